The number of Topliss-reactive ketones (excluding diaryl/α,β-unsaturated/α-hetero) is 1. The Morgan fingerprint density at radius 3 is 2.56 bits per heavy atom. The molecule has 4 aromatic rings. The van der Waals surface area contributed by atoms with Crippen LogP contribution in [0.15, 0.2) is 60.8 Å². The van der Waals surface area contributed by atoms with Gasteiger partial charge in [0.2, 0.25) is 5.91 Å². The SMILES string of the molecule is CC(Oc1cc(C(=O)CC[C@](C)(O)c2cc3c(c(-c4ccc(F)cc4)n2)OC[C@]3(C)C(N)=O)cc2cccnc12)C(N)=O. The fourth-order valence-electron chi connectivity index (χ4n) is 4.95. The number of halogens is 1. The number of ketones is 1. The van der Waals surface area contributed by atoms with Crippen molar-refractivity contribution in [2.24, 2.45) is 11.5 Å². The van der Waals surface area contributed by atoms with Crippen LogP contribution in [0.2, 0.25) is 0 Å². The molecule has 1 aliphatic heterocycles. The van der Waals surface area contributed by atoms with Crippen molar-refractivity contribution in [1.29, 1.82) is 0 Å². The molecule has 222 valence electrons. The van der Waals surface area contributed by atoms with E-state index in [2.05, 4.69) is 9.97 Å². The molecule has 0 bridgehead atoms. The molecule has 0 aliphatic carbocycles. The Morgan fingerprint density at radius 1 is 1.16 bits per heavy atom. The predicted molar refractivity (Wildman–Crippen MR) is 156 cm³/mol. The average molecular weight is 587 g/mol. The molecule has 5 rings (SSSR count). The van der Waals surface area contributed by atoms with Gasteiger partial charge in [-0.15, -0.1) is 0 Å². The van der Waals surface area contributed by atoms with E-state index in [1.807, 2.05) is 0 Å². The van der Waals surface area contributed by atoms with Gasteiger partial charge in [0.05, 0.1) is 5.69 Å². The lowest BCUT2D eigenvalue weighted by molar-refractivity contribution is -0.124. The van der Waals surface area contributed by atoms with E-state index in [-0.39, 0.29) is 36.7 Å². The Kier molecular flexibility index (Phi) is 7.61. The molecule has 0 radical (unpaired) electrons. The van der Waals surface area contributed by atoms with Gasteiger partial charge in [0.25, 0.3) is 5.91 Å². The van der Waals surface area contributed by atoms with Crippen LogP contribution in [0.1, 0.15) is 55.2 Å². The highest BCUT2D eigenvalue weighted by molar-refractivity contribution is 6.01. The molecular weight excluding hydrogens is 555 g/mol. The Bertz CT molecular complexity index is 1760. The van der Waals surface area contributed by atoms with Gasteiger partial charge in [-0.2, -0.15) is 0 Å². The standard InChI is InChI=1S/C32H31FN4O6/c1-17(29(34)39)43-24-14-20(13-19-5-4-12-36-26(19)24)23(38)10-11-32(3,41)25-15-22-28(42-16-31(22,2)30(35)40)27(37-25)18-6-8-21(33)9-7-18/h4-9,12-15,17,41H,10-11,16H2,1-3H3,(H2,34,39)(H2,35,40)/t17?,31-,32-/m0/s1. The first-order valence-corrected chi connectivity index (χ1v) is 13.6. The number of aromatic nitrogens is 2. The smallest absolute Gasteiger partial charge is 0.258 e. The average Bonchev–Trinajstić information content (AvgIpc) is 3.33. The second kappa shape index (κ2) is 11.1. The molecule has 11 heteroatoms. The van der Waals surface area contributed by atoms with E-state index in [1.165, 1.54) is 44.2 Å². The zero-order valence-corrected chi connectivity index (χ0v) is 23.9. The fraction of sp³-hybridized carbons (Fsp3) is 0.281. The van der Waals surface area contributed by atoms with Gasteiger partial charge in [-0.05, 0) is 75.7 Å². The third-order valence-corrected chi connectivity index (χ3v) is 7.82. The van der Waals surface area contributed by atoms with Crippen LogP contribution in [0, 0.1) is 5.82 Å². The number of hydrogen-bond donors (Lipinski definition) is 3. The second-order valence-electron chi connectivity index (χ2n) is 11.1. The molecular formula is C32H31FN4O6. The summed E-state index contributed by atoms with van der Waals surface area (Å²) >= 11 is 0. The number of nitrogens with zero attached hydrogens (tertiary/aromatic N) is 2. The minimum Gasteiger partial charge on any atom is -0.489 e. The molecule has 0 fully saturated rings. The van der Waals surface area contributed by atoms with Crippen LogP contribution in [0.4, 0.5) is 4.39 Å². The van der Waals surface area contributed by atoms with Gasteiger partial charge in [0.1, 0.15) is 46.1 Å². The minimum absolute atomic E-state index is 0.0206. The van der Waals surface area contributed by atoms with Gasteiger partial charge in [0, 0.05) is 34.7 Å². The number of ether oxygens (including phenoxy) is 2. The number of aliphatic hydroxyl groups is 1. The van der Waals surface area contributed by atoms with Crippen molar-refractivity contribution in [3.63, 3.8) is 0 Å². The maximum absolute atomic E-state index is 13.7. The number of rotatable bonds is 10. The summed E-state index contributed by atoms with van der Waals surface area (Å²) in [7, 11) is 0. The molecule has 3 heterocycles. The minimum atomic E-state index is -1.63. The van der Waals surface area contributed by atoms with Gasteiger partial charge in [-0.1, -0.05) is 6.07 Å². The summed E-state index contributed by atoms with van der Waals surface area (Å²) in [5, 5.41) is 12.3. The Balaban J connectivity index is 1.48. The molecule has 1 aliphatic rings. The molecule has 5 N–H and O–H groups in total. The van der Waals surface area contributed by atoms with E-state index in [0.717, 1.165) is 0 Å². The monoisotopic (exact) mass is 586 g/mol. The summed E-state index contributed by atoms with van der Waals surface area (Å²) in [6.07, 6.45) is 0.499. The maximum Gasteiger partial charge on any atom is 0.258 e. The molecule has 0 saturated carbocycles. The zero-order chi connectivity index (χ0) is 31.1. The molecule has 3 atom stereocenters. The number of pyridine rings is 2. The van der Waals surface area contributed by atoms with E-state index in [0.29, 0.717) is 39.0 Å². The fourth-order valence-corrected chi connectivity index (χ4v) is 4.95. The normalized spacial score (nSPS) is 17.9. The number of nitrogens with two attached hydrogens (primary N) is 2. The molecule has 10 nitrogen and oxygen atoms in total. The van der Waals surface area contributed by atoms with E-state index in [9.17, 15) is 23.9 Å². The van der Waals surface area contributed by atoms with Gasteiger partial charge >= 0.3 is 0 Å². The number of carbonyl (C=O) groups excluding carboxylic acids is 3. The maximum atomic E-state index is 13.7. The number of amides is 2. The quantitative estimate of drug-likeness (QED) is 0.237. The summed E-state index contributed by atoms with van der Waals surface area (Å²) in [6, 6.07) is 13.8. The number of fused-ring (bicyclic) bond motifs is 2. The van der Waals surface area contributed by atoms with Crippen LogP contribution < -0.4 is 20.9 Å². The summed E-state index contributed by atoms with van der Waals surface area (Å²) < 4.78 is 25.3. The van der Waals surface area contributed by atoms with Crippen LogP contribution in [-0.4, -0.2) is 45.4 Å². The van der Waals surface area contributed by atoms with Crippen molar-refractivity contribution in [3.05, 3.63) is 83.4 Å². The van der Waals surface area contributed by atoms with E-state index in [4.69, 9.17) is 20.9 Å². The summed E-state index contributed by atoms with van der Waals surface area (Å²) in [4.78, 5) is 46.5. The van der Waals surface area contributed by atoms with Crippen molar-refractivity contribution in [3.8, 4) is 22.8 Å². The molecule has 1 unspecified atom stereocenters. The zero-order valence-electron chi connectivity index (χ0n) is 23.9. The van der Waals surface area contributed by atoms with Crippen LogP contribution in [-0.2, 0) is 20.6 Å². The highest BCUT2D eigenvalue weighted by Crippen LogP contribution is 2.46. The van der Waals surface area contributed by atoms with Gasteiger partial charge in [0.15, 0.2) is 11.9 Å². The highest BCUT2D eigenvalue weighted by Gasteiger charge is 2.45. The first-order chi connectivity index (χ1) is 20.3. The molecule has 2 amide bonds. The van der Waals surface area contributed by atoms with Crippen molar-refractivity contribution in [2.45, 2.75) is 50.7 Å². The molecule has 2 aromatic carbocycles. The van der Waals surface area contributed by atoms with Crippen LogP contribution in [0.25, 0.3) is 22.2 Å². The van der Waals surface area contributed by atoms with Crippen molar-refractivity contribution in [2.75, 3.05) is 6.61 Å². The lowest BCUT2D eigenvalue weighted by Gasteiger charge is -2.26. The Hall–Kier alpha value is -4.90. The number of primary amides is 2. The highest BCUT2D eigenvalue weighted by atomic mass is 19.1. The third kappa shape index (κ3) is 5.63. The summed E-state index contributed by atoms with van der Waals surface area (Å²) in [6.45, 7) is 4.65. The van der Waals surface area contributed by atoms with Crippen molar-refractivity contribution >= 4 is 28.5 Å². The van der Waals surface area contributed by atoms with E-state index in [1.54, 1.807) is 37.4 Å². The predicted octanol–water partition coefficient (Wildman–Crippen LogP) is 3.69. The van der Waals surface area contributed by atoms with E-state index < -0.39 is 34.8 Å². The number of carbonyl (C=O) groups is 3. The Labute approximate surface area is 246 Å². The molecule has 0 spiro atoms. The first-order valence-electron chi connectivity index (χ1n) is 13.6. The van der Waals surface area contributed by atoms with Crippen molar-refractivity contribution in [1.82, 2.24) is 9.97 Å². The van der Waals surface area contributed by atoms with E-state index >= 15 is 0 Å². The van der Waals surface area contributed by atoms with Crippen molar-refractivity contribution < 1.29 is 33.4 Å². The molecule has 43 heavy (non-hydrogen) atoms. The third-order valence-electron chi connectivity index (χ3n) is 7.82. The van der Waals surface area contributed by atoms with Gasteiger partial charge < -0.3 is 26.0 Å². The van der Waals surface area contributed by atoms with Crippen LogP contribution in [0.3, 0.4) is 0 Å². The summed E-state index contributed by atoms with van der Waals surface area (Å²) in [5.41, 5.74) is 10.5. The lowest BCUT2D eigenvalue weighted by atomic mass is 9.81. The van der Waals surface area contributed by atoms with Crippen LogP contribution in [0.5, 0.6) is 11.5 Å². The second-order valence-corrected chi connectivity index (χ2v) is 11.1. The van der Waals surface area contributed by atoms with Crippen LogP contribution >= 0.6 is 0 Å². The lowest BCUT2D eigenvalue weighted by Crippen LogP contribution is -2.40. The number of hydrogen-bond acceptors (Lipinski definition) is 8. The largest absolute Gasteiger partial charge is 0.489 e. The molecule has 0 saturated heterocycles. The summed E-state index contributed by atoms with van der Waals surface area (Å²) in [5.74, 6) is -1.46. The van der Waals surface area contributed by atoms with Gasteiger partial charge in [-0.3, -0.25) is 19.4 Å². The van der Waals surface area contributed by atoms with Gasteiger partial charge in [-0.25, -0.2) is 9.37 Å². The topological polar surface area (TPSA) is 168 Å². The Morgan fingerprint density at radius 2 is 1.88 bits per heavy atom. The number of benzene rings is 2. The first kappa shape index (κ1) is 29.6. The molecule has 2 aromatic heterocycles.